The summed E-state index contributed by atoms with van der Waals surface area (Å²) in [7, 11) is 0. The van der Waals surface area contributed by atoms with E-state index in [0.717, 1.165) is 10.0 Å². The summed E-state index contributed by atoms with van der Waals surface area (Å²) in [6.45, 7) is 1.90. The van der Waals surface area contributed by atoms with Crippen molar-refractivity contribution in [2.45, 2.75) is 6.92 Å². The van der Waals surface area contributed by atoms with Gasteiger partial charge < -0.3 is 11.1 Å². The molecule has 1 heterocycles. The van der Waals surface area contributed by atoms with Crippen molar-refractivity contribution < 1.29 is 4.79 Å². The van der Waals surface area contributed by atoms with Crippen LogP contribution in [-0.4, -0.2) is 10.9 Å². The summed E-state index contributed by atoms with van der Waals surface area (Å²) in [5.41, 5.74) is 7.90. The van der Waals surface area contributed by atoms with Gasteiger partial charge in [-0.25, -0.2) is 4.98 Å². The Kier molecular flexibility index (Phi) is 4.07. The molecule has 0 aliphatic rings. The number of nitrogens with two attached hydrogens (primary N) is 1. The van der Waals surface area contributed by atoms with Crippen LogP contribution in [-0.2, 0) is 0 Å². The molecule has 0 saturated carbocycles. The molecule has 0 spiro atoms. The summed E-state index contributed by atoms with van der Waals surface area (Å²) >= 11 is 9.26. The average Bonchev–Trinajstić information content (AvgIpc) is 2.35. The number of benzene rings is 1. The van der Waals surface area contributed by atoms with Crippen molar-refractivity contribution in [3.63, 3.8) is 0 Å². The lowest BCUT2D eigenvalue weighted by molar-refractivity contribution is 0.102. The smallest absolute Gasteiger partial charge is 0.258 e. The highest BCUT2D eigenvalue weighted by molar-refractivity contribution is 9.10. The Hall–Kier alpha value is -1.59. The minimum absolute atomic E-state index is 0.126. The molecular weight excluding hydrogens is 330 g/mol. The lowest BCUT2D eigenvalue weighted by Gasteiger charge is -2.09. The summed E-state index contributed by atoms with van der Waals surface area (Å²) in [4.78, 5) is 16.0. The van der Waals surface area contributed by atoms with E-state index in [9.17, 15) is 4.79 Å². The lowest BCUT2D eigenvalue weighted by Crippen LogP contribution is -2.14. The first-order chi connectivity index (χ1) is 8.97. The zero-order valence-electron chi connectivity index (χ0n) is 10.1. The number of nitrogens with one attached hydrogen (secondary N) is 1. The van der Waals surface area contributed by atoms with E-state index in [4.69, 9.17) is 17.3 Å². The quantitative estimate of drug-likeness (QED) is 0.820. The number of amides is 1. The van der Waals surface area contributed by atoms with Crippen LogP contribution in [0.25, 0.3) is 0 Å². The molecule has 1 amide bonds. The maximum absolute atomic E-state index is 12.1. The van der Waals surface area contributed by atoms with E-state index >= 15 is 0 Å². The molecule has 4 nitrogen and oxygen atoms in total. The second kappa shape index (κ2) is 5.59. The number of pyridine rings is 1. The Morgan fingerprint density at radius 3 is 2.84 bits per heavy atom. The Morgan fingerprint density at radius 2 is 2.16 bits per heavy atom. The molecule has 19 heavy (non-hydrogen) atoms. The van der Waals surface area contributed by atoms with Gasteiger partial charge in [-0.05, 0) is 36.8 Å². The van der Waals surface area contributed by atoms with E-state index in [2.05, 4.69) is 26.2 Å². The molecule has 3 N–H and O–H groups in total. The number of anilines is 2. The van der Waals surface area contributed by atoms with Gasteiger partial charge in [-0.2, -0.15) is 0 Å². The average molecular weight is 341 g/mol. The van der Waals surface area contributed by atoms with Crippen LogP contribution in [0.3, 0.4) is 0 Å². The third-order valence-electron chi connectivity index (χ3n) is 2.54. The molecule has 1 aromatic heterocycles. The molecule has 0 saturated heterocycles. The zero-order chi connectivity index (χ0) is 14.0. The summed E-state index contributed by atoms with van der Waals surface area (Å²) in [6.07, 6.45) is 1.41. The molecule has 0 atom stereocenters. The monoisotopic (exact) mass is 339 g/mol. The maximum Gasteiger partial charge on any atom is 0.258 e. The molecule has 0 radical (unpaired) electrons. The molecule has 2 rings (SSSR count). The SMILES string of the molecule is Cc1cc(Br)ccc1NC(=O)c1cc(N)cnc1Cl. The van der Waals surface area contributed by atoms with Crippen molar-refractivity contribution in [2.24, 2.45) is 0 Å². The molecular formula is C13H11BrClN3O. The third kappa shape index (κ3) is 3.24. The molecule has 0 aliphatic heterocycles. The van der Waals surface area contributed by atoms with Gasteiger partial charge >= 0.3 is 0 Å². The van der Waals surface area contributed by atoms with Crippen molar-refractivity contribution >= 4 is 44.8 Å². The summed E-state index contributed by atoms with van der Waals surface area (Å²) < 4.78 is 0.951. The van der Waals surface area contributed by atoms with E-state index in [1.807, 2.05) is 25.1 Å². The van der Waals surface area contributed by atoms with Crippen LogP contribution in [0.15, 0.2) is 34.9 Å². The van der Waals surface area contributed by atoms with E-state index in [-0.39, 0.29) is 16.6 Å². The second-order valence-electron chi connectivity index (χ2n) is 4.02. The van der Waals surface area contributed by atoms with Gasteiger partial charge in [0.1, 0.15) is 5.15 Å². The van der Waals surface area contributed by atoms with Crippen molar-refractivity contribution in [1.82, 2.24) is 4.98 Å². The number of halogens is 2. The van der Waals surface area contributed by atoms with Crippen LogP contribution in [0.5, 0.6) is 0 Å². The summed E-state index contributed by atoms with van der Waals surface area (Å²) in [6, 6.07) is 7.07. The van der Waals surface area contributed by atoms with Gasteiger partial charge in [0.25, 0.3) is 5.91 Å². The van der Waals surface area contributed by atoms with Crippen molar-refractivity contribution in [1.29, 1.82) is 0 Å². The van der Waals surface area contributed by atoms with E-state index in [1.165, 1.54) is 12.3 Å². The van der Waals surface area contributed by atoms with Gasteiger partial charge in [0, 0.05) is 10.2 Å². The highest BCUT2D eigenvalue weighted by Gasteiger charge is 2.13. The summed E-state index contributed by atoms with van der Waals surface area (Å²) in [5.74, 6) is -0.338. The normalized spacial score (nSPS) is 10.3. The number of carbonyl (C=O) groups is 1. The lowest BCUT2D eigenvalue weighted by atomic mass is 10.2. The first kappa shape index (κ1) is 13.8. The van der Waals surface area contributed by atoms with Crippen LogP contribution < -0.4 is 11.1 Å². The van der Waals surface area contributed by atoms with Gasteiger partial charge in [0.2, 0.25) is 0 Å². The van der Waals surface area contributed by atoms with Gasteiger partial charge in [-0.1, -0.05) is 27.5 Å². The Labute approximate surface area is 124 Å². The molecule has 2 aromatic rings. The first-order valence-corrected chi connectivity index (χ1v) is 6.63. The molecule has 0 fully saturated rings. The van der Waals surface area contributed by atoms with Crippen LogP contribution >= 0.6 is 27.5 Å². The van der Waals surface area contributed by atoms with Crippen LogP contribution in [0.1, 0.15) is 15.9 Å². The number of aromatic nitrogens is 1. The maximum atomic E-state index is 12.1. The van der Waals surface area contributed by atoms with Gasteiger partial charge in [-0.3, -0.25) is 4.79 Å². The first-order valence-electron chi connectivity index (χ1n) is 5.46. The predicted molar refractivity (Wildman–Crippen MR) is 80.5 cm³/mol. The van der Waals surface area contributed by atoms with Crippen molar-refractivity contribution in [2.75, 3.05) is 11.1 Å². The standard InChI is InChI=1S/C13H11BrClN3O/c1-7-4-8(14)2-3-11(7)18-13(19)10-5-9(16)6-17-12(10)15/h2-6H,16H2,1H3,(H,18,19). The molecule has 98 valence electrons. The number of carbonyl (C=O) groups excluding carboxylic acids is 1. The van der Waals surface area contributed by atoms with Crippen LogP contribution in [0, 0.1) is 6.92 Å². The van der Waals surface area contributed by atoms with Gasteiger partial charge in [-0.15, -0.1) is 0 Å². The van der Waals surface area contributed by atoms with E-state index in [1.54, 1.807) is 0 Å². The topological polar surface area (TPSA) is 68.0 Å². The van der Waals surface area contributed by atoms with Gasteiger partial charge in [0.05, 0.1) is 17.4 Å². The predicted octanol–water partition coefficient (Wildman–Crippen LogP) is 3.64. The third-order valence-corrected chi connectivity index (χ3v) is 3.34. The Balaban J connectivity index is 2.28. The number of hydrogen-bond donors (Lipinski definition) is 2. The van der Waals surface area contributed by atoms with Crippen molar-refractivity contribution in [3.8, 4) is 0 Å². The summed E-state index contributed by atoms with van der Waals surface area (Å²) in [5, 5.41) is 2.91. The molecule has 0 aliphatic carbocycles. The fraction of sp³-hybridized carbons (Fsp3) is 0.0769. The fourth-order valence-corrected chi connectivity index (χ4v) is 2.25. The van der Waals surface area contributed by atoms with E-state index in [0.29, 0.717) is 11.4 Å². The van der Waals surface area contributed by atoms with Crippen LogP contribution in [0.2, 0.25) is 5.15 Å². The highest BCUT2D eigenvalue weighted by atomic mass is 79.9. The zero-order valence-corrected chi connectivity index (χ0v) is 12.4. The highest BCUT2D eigenvalue weighted by Crippen LogP contribution is 2.22. The number of nitrogens with zero attached hydrogens (tertiary/aromatic N) is 1. The largest absolute Gasteiger partial charge is 0.397 e. The van der Waals surface area contributed by atoms with Gasteiger partial charge in [0.15, 0.2) is 0 Å². The second-order valence-corrected chi connectivity index (χ2v) is 5.29. The fourth-order valence-electron chi connectivity index (χ4n) is 1.58. The number of nitrogen functional groups attached to an aromatic ring is 1. The molecule has 6 heteroatoms. The minimum atomic E-state index is -0.338. The number of aryl methyl sites for hydroxylation is 1. The van der Waals surface area contributed by atoms with Crippen molar-refractivity contribution in [3.05, 3.63) is 51.2 Å². The number of rotatable bonds is 2. The Bertz CT molecular complexity index is 646. The molecule has 1 aromatic carbocycles. The number of hydrogen-bond acceptors (Lipinski definition) is 3. The molecule has 0 unspecified atom stereocenters. The van der Waals surface area contributed by atoms with E-state index < -0.39 is 0 Å². The van der Waals surface area contributed by atoms with Crippen LogP contribution in [0.4, 0.5) is 11.4 Å². The molecule has 0 bridgehead atoms. The minimum Gasteiger partial charge on any atom is -0.397 e. The Morgan fingerprint density at radius 1 is 1.42 bits per heavy atom.